The van der Waals surface area contributed by atoms with Gasteiger partial charge in [-0.25, -0.2) is 0 Å². The van der Waals surface area contributed by atoms with Crippen LogP contribution < -0.4 is 0 Å². The van der Waals surface area contributed by atoms with Crippen molar-refractivity contribution in [2.24, 2.45) is 7.05 Å². The molecule has 1 aliphatic rings. The average Bonchev–Trinajstić information content (AvgIpc) is 2.73. The predicted octanol–water partition coefficient (Wildman–Crippen LogP) is 3.00. The third kappa shape index (κ3) is 4.06. The van der Waals surface area contributed by atoms with Gasteiger partial charge in [-0.3, -0.25) is 4.68 Å². The molecular weight excluding hydrogens is 320 g/mol. The minimum absolute atomic E-state index is 0.322. The average molecular weight is 345 g/mol. The molecule has 1 saturated heterocycles. The molecule has 5 heteroatoms. The highest BCUT2D eigenvalue weighted by Crippen LogP contribution is 2.24. The minimum Gasteiger partial charge on any atom is -0.393 e. The summed E-state index contributed by atoms with van der Waals surface area (Å²) in [6.45, 7) is 2.97. The number of aromatic nitrogens is 2. The Kier molecular flexibility index (Phi) is 6.05. The Hall–Kier alpha value is -0.390. The molecule has 4 nitrogen and oxygen atoms in total. The summed E-state index contributed by atoms with van der Waals surface area (Å²) < 4.78 is 8.64. The largest absolute Gasteiger partial charge is 0.393 e. The number of rotatable bonds is 6. The maximum absolute atomic E-state index is 10.2. The van der Waals surface area contributed by atoms with Crippen LogP contribution in [0.25, 0.3) is 0 Å². The van der Waals surface area contributed by atoms with Crippen molar-refractivity contribution in [1.29, 1.82) is 0 Å². The Morgan fingerprint density at radius 1 is 1.50 bits per heavy atom. The highest BCUT2D eigenvalue weighted by Gasteiger charge is 2.19. The first-order chi connectivity index (χ1) is 9.61. The number of halogens is 1. The van der Waals surface area contributed by atoms with E-state index in [1.807, 2.05) is 11.7 Å². The van der Waals surface area contributed by atoms with Gasteiger partial charge in [0, 0.05) is 20.1 Å². The quantitative estimate of drug-likeness (QED) is 0.862. The first-order valence-corrected chi connectivity index (χ1v) is 8.41. The zero-order valence-corrected chi connectivity index (χ0v) is 14.0. The van der Waals surface area contributed by atoms with Gasteiger partial charge in [0.05, 0.1) is 28.1 Å². The summed E-state index contributed by atoms with van der Waals surface area (Å²) in [5.41, 5.74) is 2.14. The molecule has 0 saturated carbocycles. The number of ether oxygens (including phenoxy) is 1. The topological polar surface area (TPSA) is 47.3 Å². The van der Waals surface area contributed by atoms with Crippen LogP contribution in [0.4, 0.5) is 0 Å². The van der Waals surface area contributed by atoms with E-state index >= 15 is 0 Å². The van der Waals surface area contributed by atoms with Crippen molar-refractivity contribution in [3.63, 3.8) is 0 Å². The Morgan fingerprint density at radius 2 is 2.30 bits per heavy atom. The molecule has 2 unspecified atom stereocenters. The lowest BCUT2D eigenvalue weighted by atomic mass is 10.0. The lowest BCUT2D eigenvalue weighted by molar-refractivity contribution is 0.00222. The maximum Gasteiger partial charge on any atom is 0.0766 e. The molecule has 2 rings (SSSR count). The molecule has 2 heterocycles. The summed E-state index contributed by atoms with van der Waals surface area (Å²) in [5.74, 6) is 0. The van der Waals surface area contributed by atoms with Crippen molar-refractivity contribution in [3.8, 4) is 0 Å². The van der Waals surface area contributed by atoms with Gasteiger partial charge in [0.2, 0.25) is 0 Å². The van der Waals surface area contributed by atoms with Gasteiger partial charge in [-0.2, -0.15) is 5.10 Å². The summed E-state index contributed by atoms with van der Waals surface area (Å²) in [4.78, 5) is 0. The van der Waals surface area contributed by atoms with Gasteiger partial charge >= 0.3 is 0 Å². The first kappa shape index (κ1) is 16.0. The predicted molar refractivity (Wildman–Crippen MR) is 82.8 cm³/mol. The van der Waals surface area contributed by atoms with Crippen molar-refractivity contribution in [1.82, 2.24) is 9.78 Å². The minimum atomic E-state index is -0.322. The molecule has 1 aromatic heterocycles. The smallest absolute Gasteiger partial charge is 0.0766 e. The Balaban J connectivity index is 1.84. The van der Waals surface area contributed by atoms with Crippen molar-refractivity contribution < 1.29 is 9.84 Å². The van der Waals surface area contributed by atoms with Crippen molar-refractivity contribution in [2.45, 2.75) is 64.1 Å². The number of aliphatic hydroxyl groups is 1. The van der Waals surface area contributed by atoms with E-state index in [0.717, 1.165) is 48.2 Å². The second-order valence-corrected chi connectivity index (χ2v) is 6.40. The molecule has 2 atom stereocenters. The molecule has 1 fully saturated rings. The van der Waals surface area contributed by atoms with E-state index < -0.39 is 0 Å². The second-order valence-electron chi connectivity index (χ2n) is 5.61. The summed E-state index contributed by atoms with van der Waals surface area (Å²) in [6.07, 6.45) is 6.91. The molecule has 1 N–H and O–H groups in total. The first-order valence-electron chi connectivity index (χ1n) is 7.61. The molecular formula is C15H25BrN2O2. The molecule has 114 valence electrons. The van der Waals surface area contributed by atoms with Gasteiger partial charge in [0.15, 0.2) is 0 Å². The Bertz CT molecular complexity index is 428. The zero-order chi connectivity index (χ0) is 14.5. The Morgan fingerprint density at radius 3 is 2.90 bits per heavy atom. The van der Waals surface area contributed by atoms with E-state index in [-0.39, 0.29) is 6.10 Å². The Labute approximate surface area is 129 Å². The van der Waals surface area contributed by atoms with Gasteiger partial charge in [-0.1, -0.05) is 6.92 Å². The zero-order valence-electron chi connectivity index (χ0n) is 12.4. The molecule has 1 aromatic rings. The van der Waals surface area contributed by atoms with Crippen LogP contribution in [0.2, 0.25) is 0 Å². The van der Waals surface area contributed by atoms with E-state index in [1.54, 1.807) is 0 Å². The van der Waals surface area contributed by atoms with E-state index in [9.17, 15) is 5.11 Å². The van der Waals surface area contributed by atoms with Crippen LogP contribution >= 0.6 is 15.9 Å². The van der Waals surface area contributed by atoms with Crippen molar-refractivity contribution >= 4 is 15.9 Å². The monoisotopic (exact) mass is 344 g/mol. The molecule has 0 radical (unpaired) electrons. The third-order valence-corrected chi connectivity index (χ3v) is 4.94. The summed E-state index contributed by atoms with van der Waals surface area (Å²) >= 11 is 3.60. The van der Waals surface area contributed by atoms with E-state index in [4.69, 9.17) is 4.74 Å². The van der Waals surface area contributed by atoms with Crippen LogP contribution in [0.3, 0.4) is 0 Å². The summed E-state index contributed by atoms with van der Waals surface area (Å²) in [6, 6.07) is 0. The highest BCUT2D eigenvalue weighted by molar-refractivity contribution is 9.10. The molecule has 0 aromatic carbocycles. The fraction of sp³-hybridized carbons (Fsp3) is 0.800. The van der Waals surface area contributed by atoms with Gasteiger partial charge < -0.3 is 9.84 Å². The number of hydrogen-bond donors (Lipinski definition) is 1. The molecule has 0 aliphatic carbocycles. The molecule has 0 amide bonds. The number of aliphatic hydroxyl groups excluding tert-OH is 1. The van der Waals surface area contributed by atoms with Crippen molar-refractivity contribution in [3.05, 3.63) is 15.9 Å². The fourth-order valence-corrected chi connectivity index (χ4v) is 3.56. The van der Waals surface area contributed by atoms with Gasteiger partial charge in [-0.05, 0) is 54.5 Å². The van der Waals surface area contributed by atoms with Crippen LogP contribution in [0.1, 0.15) is 50.4 Å². The SMILES string of the molecule is CCc1nn(C)c(CC(O)CCC2CCCCO2)c1Br. The van der Waals surface area contributed by atoms with Crippen LogP contribution in [0, 0.1) is 0 Å². The number of aryl methyl sites for hydroxylation is 2. The van der Waals surface area contributed by atoms with E-state index in [1.165, 1.54) is 12.8 Å². The van der Waals surface area contributed by atoms with E-state index in [2.05, 4.69) is 28.0 Å². The molecule has 1 aliphatic heterocycles. The van der Waals surface area contributed by atoms with Crippen molar-refractivity contribution in [2.75, 3.05) is 6.61 Å². The lowest BCUT2D eigenvalue weighted by Gasteiger charge is -2.23. The molecule has 0 spiro atoms. The van der Waals surface area contributed by atoms with E-state index in [0.29, 0.717) is 12.5 Å². The number of hydrogen-bond acceptors (Lipinski definition) is 3. The summed E-state index contributed by atoms with van der Waals surface area (Å²) in [7, 11) is 1.94. The number of nitrogens with zero attached hydrogens (tertiary/aromatic N) is 2. The molecule has 20 heavy (non-hydrogen) atoms. The third-order valence-electron chi connectivity index (χ3n) is 4.03. The second kappa shape index (κ2) is 7.57. The fourth-order valence-electron chi connectivity index (χ4n) is 2.78. The van der Waals surface area contributed by atoms with Gasteiger partial charge in [-0.15, -0.1) is 0 Å². The van der Waals surface area contributed by atoms with Crippen LogP contribution in [0.15, 0.2) is 4.47 Å². The van der Waals surface area contributed by atoms with Gasteiger partial charge in [0.25, 0.3) is 0 Å². The lowest BCUT2D eigenvalue weighted by Crippen LogP contribution is -2.22. The molecule has 0 bridgehead atoms. The van der Waals surface area contributed by atoms with Crippen LogP contribution in [-0.4, -0.2) is 33.7 Å². The van der Waals surface area contributed by atoms with Gasteiger partial charge in [0.1, 0.15) is 0 Å². The van der Waals surface area contributed by atoms with Crippen LogP contribution in [0.5, 0.6) is 0 Å². The van der Waals surface area contributed by atoms with Crippen LogP contribution in [-0.2, 0) is 24.6 Å². The maximum atomic E-state index is 10.2. The standard InChI is InChI=1S/C15H25BrN2O2/c1-3-13-15(16)14(18(2)17-13)10-11(19)7-8-12-6-4-5-9-20-12/h11-12,19H,3-10H2,1-2H3. The normalized spacial score (nSPS) is 21.1. The highest BCUT2D eigenvalue weighted by atomic mass is 79.9. The summed E-state index contributed by atoms with van der Waals surface area (Å²) in [5, 5.41) is 14.7.